The molecule has 120 valence electrons. The van der Waals surface area contributed by atoms with Crippen LogP contribution in [0, 0.1) is 19.8 Å². The first-order valence-corrected chi connectivity index (χ1v) is 7.41. The summed E-state index contributed by atoms with van der Waals surface area (Å²) in [6.45, 7) is 5.71. The first-order chi connectivity index (χ1) is 11.0. The van der Waals surface area contributed by atoms with Gasteiger partial charge in [0.05, 0.1) is 12.3 Å². The SMILES string of the molecule is CCOC(=O)C1=NN[C@@H]2C(=O)N(c3ccc(C)c(C)c3)C(=O)[C@H]12. The maximum atomic E-state index is 12.7. The maximum absolute atomic E-state index is 12.7. The molecule has 2 aliphatic heterocycles. The van der Waals surface area contributed by atoms with Crippen LogP contribution in [0.4, 0.5) is 5.69 Å². The van der Waals surface area contributed by atoms with Gasteiger partial charge in [0.1, 0.15) is 12.0 Å². The smallest absolute Gasteiger partial charge is 0.355 e. The molecule has 1 N–H and O–H groups in total. The van der Waals surface area contributed by atoms with E-state index in [1.807, 2.05) is 19.9 Å². The van der Waals surface area contributed by atoms with E-state index in [1.54, 1.807) is 19.1 Å². The Kier molecular flexibility index (Phi) is 3.63. The Balaban J connectivity index is 1.93. The highest BCUT2D eigenvalue weighted by atomic mass is 16.5. The number of rotatable bonds is 3. The standard InChI is InChI=1S/C16H17N3O4/c1-4-23-16(22)13-11-12(17-18-13)15(21)19(14(11)20)10-6-5-8(2)9(3)7-10/h5-7,11-12,17H,4H2,1-3H3/t11-,12-/m0/s1. The molecular weight excluding hydrogens is 298 g/mol. The minimum Gasteiger partial charge on any atom is -0.461 e. The number of imide groups is 1. The molecule has 1 aromatic carbocycles. The van der Waals surface area contributed by atoms with Crippen LogP contribution in [0.25, 0.3) is 0 Å². The van der Waals surface area contributed by atoms with Gasteiger partial charge < -0.3 is 4.74 Å². The van der Waals surface area contributed by atoms with E-state index in [-0.39, 0.29) is 12.3 Å². The van der Waals surface area contributed by atoms with Gasteiger partial charge in [-0.3, -0.25) is 15.0 Å². The van der Waals surface area contributed by atoms with E-state index in [1.165, 1.54) is 0 Å². The average Bonchev–Trinajstić information content (AvgIpc) is 3.04. The van der Waals surface area contributed by atoms with Crippen LogP contribution in [-0.4, -0.2) is 36.1 Å². The number of amides is 2. The van der Waals surface area contributed by atoms with Gasteiger partial charge in [0.25, 0.3) is 5.91 Å². The highest BCUT2D eigenvalue weighted by molar-refractivity contribution is 6.46. The van der Waals surface area contributed by atoms with Crippen molar-refractivity contribution in [3.05, 3.63) is 29.3 Å². The molecule has 0 radical (unpaired) electrons. The number of nitrogens with zero attached hydrogens (tertiary/aromatic N) is 2. The van der Waals surface area contributed by atoms with Gasteiger partial charge in [0.15, 0.2) is 5.71 Å². The molecule has 0 saturated carbocycles. The molecule has 23 heavy (non-hydrogen) atoms. The Bertz CT molecular complexity index is 741. The number of carbonyl (C=O) groups is 3. The molecule has 2 atom stereocenters. The number of esters is 1. The summed E-state index contributed by atoms with van der Waals surface area (Å²) in [5, 5.41) is 3.82. The van der Waals surface area contributed by atoms with Crippen molar-refractivity contribution >= 4 is 29.2 Å². The second-order valence-corrected chi connectivity index (χ2v) is 5.58. The minimum absolute atomic E-state index is 0.0402. The van der Waals surface area contributed by atoms with Crippen LogP contribution < -0.4 is 10.3 Å². The Morgan fingerprint density at radius 1 is 1.26 bits per heavy atom. The van der Waals surface area contributed by atoms with Gasteiger partial charge in [-0.25, -0.2) is 9.69 Å². The zero-order valence-corrected chi connectivity index (χ0v) is 13.1. The Morgan fingerprint density at radius 3 is 2.65 bits per heavy atom. The largest absolute Gasteiger partial charge is 0.461 e. The van der Waals surface area contributed by atoms with Gasteiger partial charge in [0.2, 0.25) is 5.91 Å². The normalized spacial score (nSPS) is 22.7. The lowest BCUT2D eigenvalue weighted by Crippen LogP contribution is -2.36. The van der Waals surface area contributed by atoms with Gasteiger partial charge in [-0.15, -0.1) is 0 Å². The molecule has 0 unspecified atom stereocenters. The van der Waals surface area contributed by atoms with Crippen molar-refractivity contribution in [1.82, 2.24) is 5.43 Å². The van der Waals surface area contributed by atoms with Gasteiger partial charge in [-0.05, 0) is 44.0 Å². The van der Waals surface area contributed by atoms with Gasteiger partial charge in [0, 0.05) is 0 Å². The average molecular weight is 315 g/mol. The van der Waals surface area contributed by atoms with Crippen molar-refractivity contribution in [3.8, 4) is 0 Å². The fourth-order valence-electron chi connectivity index (χ4n) is 2.78. The Hall–Kier alpha value is -2.70. The van der Waals surface area contributed by atoms with Gasteiger partial charge in [-0.1, -0.05) is 6.07 Å². The summed E-state index contributed by atoms with van der Waals surface area (Å²) < 4.78 is 4.90. The van der Waals surface area contributed by atoms with E-state index in [9.17, 15) is 14.4 Å². The number of ether oxygens (including phenoxy) is 1. The van der Waals surface area contributed by atoms with Crippen LogP contribution in [0.2, 0.25) is 0 Å². The fourth-order valence-corrected chi connectivity index (χ4v) is 2.78. The summed E-state index contributed by atoms with van der Waals surface area (Å²) >= 11 is 0. The number of hydrazone groups is 1. The lowest BCUT2D eigenvalue weighted by atomic mass is 9.99. The lowest BCUT2D eigenvalue weighted by molar-refractivity contribution is -0.136. The summed E-state index contributed by atoms with van der Waals surface area (Å²) in [6, 6.07) is 4.52. The van der Waals surface area contributed by atoms with Crippen molar-refractivity contribution in [2.45, 2.75) is 26.8 Å². The number of benzene rings is 1. The number of aryl methyl sites for hydroxylation is 2. The predicted molar refractivity (Wildman–Crippen MR) is 82.9 cm³/mol. The quantitative estimate of drug-likeness (QED) is 0.655. The first kappa shape index (κ1) is 15.2. The number of anilines is 1. The summed E-state index contributed by atoms with van der Waals surface area (Å²) in [5.41, 5.74) is 5.10. The fraction of sp³-hybridized carbons (Fsp3) is 0.375. The summed E-state index contributed by atoms with van der Waals surface area (Å²) in [7, 11) is 0. The molecule has 2 heterocycles. The third kappa shape index (κ3) is 2.28. The highest BCUT2D eigenvalue weighted by Gasteiger charge is 2.55. The Morgan fingerprint density at radius 2 is 2.00 bits per heavy atom. The number of hydrogen-bond donors (Lipinski definition) is 1. The van der Waals surface area contributed by atoms with E-state index in [0.29, 0.717) is 5.69 Å². The maximum Gasteiger partial charge on any atom is 0.355 e. The molecule has 1 fully saturated rings. The molecule has 1 aromatic rings. The zero-order valence-electron chi connectivity index (χ0n) is 13.1. The van der Waals surface area contributed by atoms with Crippen molar-refractivity contribution in [2.24, 2.45) is 11.0 Å². The topological polar surface area (TPSA) is 88.1 Å². The summed E-state index contributed by atoms with van der Waals surface area (Å²) in [6.07, 6.45) is 0. The van der Waals surface area contributed by atoms with Gasteiger partial charge >= 0.3 is 5.97 Å². The molecule has 7 nitrogen and oxygen atoms in total. The van der Waals surface area contributed by atoms with E-state index in [2.05, 4.69) is 10.5 Å². The lowest BCUT2D eigenvalue weighted by Gasteiger charge is -2.17. The van der Waals surface area contributed by atoms with E-state index in [0.717, 1.165) is 16.0 Å². The monoisotopic (exact) mass is 315 g/mol. The van der Waals surface area contributed by atoms with E-state index < -0.39 is 29.7 Å². The third-order valence-corrected chi connectivity index (χ3v) is 4.16. The number of carbonyl (C=O) groups excluding carboxylic acids is 3. The Labute approximate surface area is 133 Å². The second kappa shape index (κ2) is 5.49. The van der Waals surface area contributed by atoms with Crippen molar-refractivity contribution in [2.75, 3.05) is 11.5 Å². The van der Waals surface area contributed by atoms with Crippen LogP contribution in [-0.2, 0) is 19.1 Å². The molecule has 0 aliphatic carbocycles. The van der Waals surface area contributed by atoms with E-state index >= 15 is 0 Å². The molecule has 1 saturated heterocycles. The summed E-state index contributed by atoms with van der Waals surface area (Å²) in [5.74, 6) is -2.47. The molecule has 7 heteroatoms. The zero-order chi connectivity index (χ0) is 16.7. The molecule has 2 amide bonds. The molecule has 3 rings (SSSR count). The van der Waals surface area contributed by atoms with Crippen LogP contribution in [0.1, 0.15) is 18.1 Å². The predicted octanol–water partition coefficient (Wildman–Crippen LogP) is 0.684. The molecule has 2 aliphatic rings. The van der Waals surface area contributed by atoms with Crippen LogP contribution in [0.3, 0.4) is 0 Å². The van der Waals surface area contributed by atoms with E-state index in [4.69, 9.17) is 4.74 Å². The van der Waals surface area contributed by atoms with Crippen LogP contribution in [0.5, 0.6) is 0 Å². The van der Waals surface area contributed by atoms with Gasteiger partial charge in [-0.2, -0.15) is 5.10 Å². The third-order valence-electron chi connectivity index (χ3n) is 4.16. The molecule has 0 spiro atoms. The first-order valence-electron chi connectivity index (χ1n) is 7.41. The second-order valence-electron chi connectivity index (χ2n) is 5.58. The minimum atomic E-state index is -0.928. The van der Waals surface area contributed by atoms with Crippen molar-refractivity contribution in [1.29, 1.82) is 0 Å². The molecule has 0 aromatic heterocycles. The molecule has 0 bridgehead atoms. The van der Waals surface area contributed by atoms with Crippen molar-refractivity contribution < 1.29 is 19.1 Å². The van der Waals surface area contributed by atoms with Crippen LogP contribution in [0.15, 0.2) is 23.3 Å². The molecular formula is C16H17N3O4. The number of nitrogens with one attached hydrogen (secondary N) is 1. The number of fused-ring (bicyclic) bond motifs is 1. The van der Waals surface area contributed by atoms with Crippen LogP contribution >= 0.6 is 0 Å². The number of hydrogen-bond acceptors (Lipinski definition) is 6. The summed E-state index contributed by atoms with van der Waals surface area (Å²) in [4.78, 5) is 38.2. The van der Waals surface area contributed by atoms with Crippen molar-refractivity contribution in [3.63, 3.8) is 0 Å². The highest BCUT2D eigenvalue weighted by Crippen LogP contribution is 2.31.